The standard InChI is InChI=1S/C23H21F3N4O3/c24-23(25,26)33-19-9-7-17(8-10-19)29-21-12-20(27-14-28-21)15-3-5-16(6-4-15)22(32)30-11-1-2-18(30)13-31/h3-10,12,14,18,31H,1-2,11,13H2,(H,27,28,29)/t18-/m1/s1. The number of carbonyl (C=O) groups is 1. The highest BCUT2D eigenvalue weighted by atomic mass is 19.4. The Morgan fingerprint density at radius 1 is 1.12 bits per heavy atom. The van der Waals surface area contributed by atoms with Crippen molar-refractivity contribution >= 4 is 17.4 Å². The first-order valence-electron chi connectivity index (χ1n) is 10.3. The number of aliphatic hydroxyl groups is 1. The molecule has 2 heterocycles. The first-order chi connectivity index (χ1) is 15.8. The summed E-state index contributed by atoms with van der Waals surface area (Å²) in [5.74, 6) is 0.0268. The van der Waals surface area contributed by atoms with Gasteiger partial charge in [0, 0.05) is 29.4 Å². The maximum Gasteiger partial charge on any atom is 0.573 e. The summed E-state index contributed by atoms with van der Waals surface area (Å²) < 4.78 is 40.7. The van der Waals surface area contributed by atoms with E-state index < -0.39 is 6.36 Å². The van der Waals surface area contributed by atoms with Crippen LogP contribution < -0.4 is 10.1 Å². The van der Waals surface area contributed by atoms with E-state index in [-0.39, 0.29) is 24.3 Å². The number of alkyl halides is 3. The molecule has 0 bridgehead atoms. The van der Waals surface area contributed by atoms with E-state index in [0.29, 0.717) is 29.3 Å². The van der Waals surface area contributed by atoms with E-state index in [1.165, 1.54) is 30.6 Å². The number of rotatable bonds is 6. The van der Waals surface area contributed by atoms with E-state index in [2.05, 4.69) is 20.0 Å². The van der Waals surface area contributed by atoms with Gasteiger partial charge in [-0.1, -0.05) is 12.1 Å². The van der Waals surface area contributed by atoms with Crippen LogP contribution in [0.2, 0.25) is 0 Å². The summed E-state index contributed by atoms with van der Waals surface area (Å²) >= 11 is 0. The van der Waals surface area contributed by atoms with E-state index >= 15 is 0 Å². The largest absolute Gasteiger partial charge is 0.573 e. The minimum absolute atomic E-state index is 0.0430. The van der Waals surface area contributed by atoms with Crippen molar-refractivity contribution in [3.63, 3.8) is 0 Å². The minimum Gasteiger partial charge on any atom is -0.406 e. The molecule has 172 valence electrons. The van der Waals surface area contributed by atoms with Crippen LogP contribution in [0.15, 0.2) is 60.9 Å². The van der Waals surface area contributed by atoms with Crippen LogP contribution in [0.1, 0.15) is 23.2 Å². The Kier molecular flexibility index (Phi) is 6.45. The summed E-state index contributed by atoms with van der Waals surface area (Å²) in [6.45, 7) is 0.592. The number of halogens is 3. The number of aliphatic hydroxyl groups excluding tert-OH is 1. The second-order valence-electron chi connectivity index (χ2n) is 7.54. The van der Waals surface area contributed by atoms with Gasteiger partial charge in [-0.05, 0) is 49.2 Å². The summed E-state index contributed by atoms with van der Waals surface area (Å²) in [5.41, 5.74) is 2.44. The summed E-state index contributed by atoms with van der Waals surface area (Å²) in [6, 6.07) is 13.9. The molecule has 3 aromatic rings. The summed E-state index contributed by atoms with van der Waals surface area (Å²) in [5, 5.41) is 12.5. The molecule has 4 rings (SSSR count). The molecule has 2 N–H and O–H groups in total. The van der Waals surface area contributed by atoms with Gasteiger partial charge >= 0.3 is 6.36 Å². The molecule has 0 spiro atoms. The van der Waals surface area contributed by atoms with E-state index in [9.17, 15) is 23.1 Å². The van der Waals surface area contributed by atoms with Crippen LogP contribution in [0, 0.1) is 0 Å². The van der Waals surface area contributed by atoms with Crippen molar-refractivity contribution in [1.82, 2.24) is 14.9 Å². The van der Waals surface area contributed by atoms with Gasteiger partial charge in [0.05, 0.1) is 18.3 Å². The third-order valence-corrected chi connectivity index (χ3v) is 5.30. The second-order valence-corrected chi connectivity index (χ2v) is 7.54. The molecule has 2 aromatic carbocycles. The first-order valence-corrected chi connectivity index (χ1v) is 10.3. The maximum absolute atomic E-state index is 12.7. The second kappa shape index (κ2) is 9.45. The average molecular weight is 458 g/mol. The lowest BCUT2D eigenvalue weighted by Gasteiger charge is -2.23. The van der Waals surface area contributed by atoms with Gasteiger partial charge in [-0.25, -0.2) is 9.97 Å². The van der Waals surface area contributed by atoms with Crippen molar-refractivity contribution in [3.05, 3.63) is 66.5 Å². The summed E-state index contributed by atoms with van der Waals surface area (Å²) in [4.78, 5) is 22.8. The highest BCUT2D eigenvalue weighted by Crippen LogP contribution is 2.26. The Morgan fingerprint density at radius 2 is 1.85 bits per heavy atom. The van der Waals surface area contributed by atoms with Crippen molar-refractivity contribution in [3.8, 4) is 17.0 Å². The fourth-order valence-electron chi connectivity index (χ4n) is 3.71. The molecular formula is C23H21F3N4O3. The fourth-order valence-corrected chi connectivity index (χ4v) is 3.71. The minimum atomic E-state index is -4.74. The molecule has 1 aliphatic rings. The van der Waals surface area contributed by atoms with E-state index in [1.54, 1.807) is 35.2 Å². The van der Waals surface area contributed by atoms with Gasteiger partial charge in [0.15, 0.2) is 0 Å². The van der Waals surface area contributed by atoms with Crippen LogP contribution in [0.5, 0.6) is 5.75 Å². The molecule has 1 saturated heterocycles. The SMILES string of the molecule is O=C(c1ccc(-c2cc(Nc3ccc(OC(F)(F)F)cc3)ncn2)cc1)N1CCC[C@@H]1CO. The Morgan fingerprint density at radius 3 is 2.52 bits per heavy atom. The highest BCUT2D eigenvalue weighted by molar-refractivity contribution is 5.95. The Labute approximate surface area is 187 Å². The highest BCUT2D eigenvalue weighted by Gasteiger charge is 2.31. The fraction of sp³-hybridized carbons (Fsp3) is 0.261. The quantitative estimate of drug-likeness (QED) is 0.570. The molecule has 1 atom stereocenters. The van der Waals surface area contributed by atoms with Gasteiger partial charge in [0.25, 0.3) is 5.91 Å². The van der Waals surface area contributed by atoms with Crippen molar-refractivity contribution in [2.75, 3.05) is 18.5 Å². The Balaban J connectivity index is 1.45. The number of hydrogen-bond acceptors (Lipinski definition) is 6. The van der Waals surface area contributed by atoms with Crippen molar-refractivity contribution < 1.29 is 27.8 Å². The van der Waals surface area contributed by atoms with Crippen LogP contribution in [-0.4, -0.2) is 51.4 Å². The monoisotopic (exact) mass is 458 g/mol. The number of nitrogens with zero attached hydrogens (tertiary/aromatic N) is 3. The molecule has 1 aromatic heterocycles. The van der Waals surface area contributed by atoms with Gasteiger partial charge in [-0.2, -0.15) is 0 Å². The van der Waals surface area contributed by atoms with Crippen LogP contribution in [-0.2, 0) is 0 Å². The molecule has 0 saturated carbocycles. The van der Waals surface area contributed by atoms with Crippen LogP contribution >= 0.6 is 0 Å². The maximum atomic E-state index is 12.7. The normalized spacial score (nSPS) is 16.0. The van der Waals surface area contributed by atoms with Crippen molar-refractivity contribution in [1.29, 1.82) is 0 Å². The third kappa shape index (κ3) is 5.58. The Bertz CT molecular complexity index is 1110. The number of amides is 1. The van der Waals surface area contributed by atoms with Gasteiger partial charge in [0.1, 0.15) is 17.9 Å². The van der Waals surface area contributed by atoms with Crippen molar-refractivity contribution in [2.45, 2.75) is 25.2 Å². The van der Waals surface area contributed by atoms with Gasteiger partial charge < -0.3 is 20.1 Å². The molecule has 0 unspecified atom stereocenters. The lowest BCUT2D eigenvalue weighted by molar-refractivity contribution is -0.274. The predicted molar refractivity (Wildman–Crippen MR) is 115 cm³/mol. The van der Waals surface area contributed by atoms with Gasteiger partial charge in [0.2, 0.25) is 0 Å². The molecular weight excluding hydrogens is 437 g/mol. The smallest absolute Gasteiger partial charge is 0.406 e. The number of aromatic nitrogens is 2. The van der Waals surface area contributed by atoms with Crippen molar-refractivity contribution in [2.24, 2.45) is 0 Å². The molecule has 1 fully saturated rings. The molecule has 0 aliphatic carbocycles. The summed E-state index contributed by atoms with van der Waals surface area (Å²) in [7, 11) is 0. The van der Waals surface area contributed by atoms with E-state index in [1.807, 2.05) is 0 Å². The lowest BCUT2D eigenvalue weighted by atomic mass is 10.1. The summed E-state index contributed by atoms with van der Waals surface area (Å²) in [6.07, 6.45) is -1.70. The zero-order chi connectivity index (χ0) is 23.4. The first kappa shape index (κ1) is 22.5. The number of likely N-dealkylation sites (tertiary alicyclic amines) is 1. The molecule has 7 nitrogen and oxygen atoms in total. The van der Waals surface area contributed by atoms with Crippen LogP contribution in [0.4, 0.5) is 24.7 Å². The van der Waals surface area contributed by atoms with E-state index in [0.717, 1.165) is 18.4 Å². The molecule has 1 aliphatic heterocycles. The Hall–Kier alpha value is -3.66. The number of ether oxygens (including phenoxy) is 1. The van der Waals surface area contributed by atoms with Gasteiger partial charge in [-0.15, -0.1) is 13.2 Å². The zero-order valence-corrected chi connectivity index (χ0v) is 17.4. The van der Waals surface area contributed by atoms with Gasteiger partial charge in [-0.3, -0.25) is 4.79 Å². The van der Waals surface area contributed by atoms with Crippen LogP contribution in [0.3, 0.4) is 0 Å². The lowest BCUT2D eigenvalue weighted by Crippen LogP contribution is -2.37. The van der Waals surface area contributed by atoms with E-state index in [4.69, 9.17) is 0 Å². The number of nitrogens with one attached hydrogen (secondary N) is 1. The topological polar surface area (TPSA) is 87.6 Å². The number of carbonyl (C=O) groups excluding carboxylic acids is 1. The third-order valence-electron chi connectivity index (χ3n) is 5.30. The predicted octanol–water partition coefficient (Wildman–Crippen LogP) is 4.38. The number of hydrogen-bond donors (Lipinski definition) is 2. The van der Waals surface area contributed by atoms with Crippen LogP contribution in [0.25, 0.3) is 11.3 Å². The number of anilines is 2. The average Bonchev–Trinajstić information content (AvgIpc) is 3.28. The molecule has 0 radical (unpaired) electrons. The number of benzene rings is 2. The molecule has 33 heavy (non-hydrogen) atoms. The molecule has 1 amide bonds. The molecule has 10 heteroatoms. The zero-order valence-electron chi connectivity index (χ0n) is 17.4.